The Labute approximate surface area is 482 Å². The number of fused-ring (bicyclic) bond motifs is 6. The predicted molar refractivity (Wildman–Crippen MR) is 325 cm³/mol. The van der Waals surface area contributed by atoms with Gasteiger partial charge >= 0.3 is 6.09 Å². The van der Waals surface area contributed by atoms with Crippen molar-refractivity contribution in [2.75, 3.05) is 52.2 Å². The SMILES string of the molecule is CCCCc1nc2c(NCc3ccc(OC)cc3OC)nc3ccc(Br)cc3c2n1CCCCN.CCCCc1nc2c(NCc3ccc(OC)cc3OC)nc3ccc(Br)cc3c2n1CCCCNC(=O)OC(C)(C)C.Cl. The van der Waals surface area contributed by atoms with E-state index in [9.17, 15) is 4.79 Å². The summed E-state index contributed by atoms with van der Waals surface area (Å²) in [5.41, 5.74) is 13.1. The number of unbranched alkanes of at least 4 members (excludes halogenated alkanes) is 4. The lowest BCUT2D eigenvalue weighted by atomic mass is 10.1. The van der Waals surface area contributed by atoms with Crippen LogP contribution in [0.3, 0.4) is 0 Å². The molecule has 0 spiro atoms. The Hall–Kier alpha value is -6.08. The number of nitrogens with two attached hydrogens (primary N) is 1. The first-order valence-corrected chi connectivity index (χ1v) is 28.3. The summed E-state index contributed by atoms with van der Waals surface area (Å²) in [5, 5.41) is 12.1. The van der Waals surface area contributed by atoms with E-state index in [1.807, 2.05) is 75.4 Å². The number of aromatic nitrogens is 6. The highest BCUT2D eigenvalue weighted by Crippen LogP contribution is 2.36. The van der Waals surface area contributed by atoms with Crippen molar-refractivity contribution in [1.82, 2.24) is 34.4 Å². The van der Waals surface area contributed by atoms with Crippen molar-refractivity contribution >= 4 is 106 Å². The normalized spacial score (nSPS) is 11.3. The highest BCUT2D eigenvalue weighted by molar-refractivity contribution is 9.10. The smallest absolute Gasteiger partial charge is 0.407 e. The summed E-state index contributed by atoms with van der Waals surface area (Å²) >= 11 is 7.31. The molecule has 0 radical (unpaired) electrons. The van der Waals surface area contributed by atoms with Gasteiger partial charge < -0.3 is 54.5 Å². The number of rotatable bonds is 25. The van der Waals surface area contributed by atoms with Gasteiger partial charge in [-0.15, -0.1) is 12.4 Å². The van der Waals surface area contributed by atoms with Crippen LogP contribution in [-0.4, -0.2) is 82.3 Å². The fourth-order valence-electron chi connectivity index (χ4n) is 9.26. The van der Waals surface area contributed by atoms with Crippen LogP contribution in [0.15, 0.2) is 81.7 Å². The molecule has 19 heteroatoms. The van der Waals surface area contributed by atoms with Crippen molar-refractivity contribution in [2.24, 2.45) is 5.73 Å². The predicted octanol–water partition coefficient (Wildman–Crippen LogP) is 14.1. The molecule has 0 bridgehead atoms. The van der Waals surface area contributed by atoms with Gasteiger partial charge in [-0.1, -0.05) is 58.5 Å². The Kier molecular flexibility index (Phi) is 22.9. The minimum absolute atomic E-state index is 0. The molecular formula is C59H77Br2ClN10O6. The zero-order chi connectivity index (χ0) is 55.1. The van der Waals surface area contributed by atoms with E-state index in [4.69, 9.17) is 49.4 Å². The van der Waals surface area contributed by atoms with Crippen LogP contribution in [0, 0.1) is 0 Å². The average Bonchev–Trinajstić information content (AvgIpc) is 4.04. The lowest BCUT2D eigenvalue weighted by Gasteiger charge is -2.19. The van der Waals surface area contributed by atoms with Crippen LogP contribution >= 0.6 is 44.3 Å². The zero-order valence-electron chi connectivity index (χ0n) is 46.6. The highest BCUT2D eigenvalue weighted by Gasteiger charge is 2.22. The molecule has 8 aromatic rings. The quantitative estimate of drug-likeness (QED) is 0.0396. The van der Waals surface area contributed by atoms with Gasteiger partial charge in [-0.2, -0.15) is 0 Å². The molecule has 4 aromatic carbocycles. The number of hydrogen-bond acceptors (Lipinski definition) is 13. The monoisotopic (exact) mass is 1210 g/mol. The van der Waals surface area contributed by atoms with Gasteiger partial charge in [0.25, 0.3) is 0 Å². The zero-order valence-corrected chi connectivity index (χ0v) is 50.6. The van der Waals surface area contributed by atoms with Crippen LogP contribution in [0.5, 0.6) is 23.0 Å². The number of aryl methyl sites for hydroxylation is 4. The van der Waals surface area contributed by atoms with Gasteiger partial charge in [0.2, 0.25) is 0 Å². The minimum atomic E-state index is -0.512. The number of anilines is 2. The van der Waals surface area contributed by atoms with Gasteiger partial charge in [-0.25, -0.2) is 24.7 Å². The van der Waals surface area contributed by atoms with Gasteiger partial charge in [-0.3, -0.25) is 0 Å². The number of carbonyl (C=O) groups is 1. The number of halogens is 3. The number of ether oxygens (including phenoxy) is 5. The summed E-state index contributed by atoms with van der Waals surface area (Å²) in [7, 11) is 6.63. The number of alkyl carbamates (subject to hydrolysis) is 1. The molecule has 4 aromatic heterocycles. The van der Waals surface area contributed by atoms with Crippen molar-refractivity contribution in [1.29, 1.82) is 0 Å². The number of imidazole rings is 2. The Morgan fingerprint density at radius 2 is 1.06 bits per heavy atom. The molecule has 8 rings (SSSR count). The lowest BCUT2D eigenvalue weighted by molar-refractivity contribution is 0.0526. The molecule has 420 valence electrons. The van der Waals surface area contributed by atoms with Gasteiger partial charge in [0.1, 0.15) is 51.3 Å². The number of hydrogen-bond donors (Lipinski definition) is 4. The molecule has 0 unspecified atom stereocenters. The summed E-state index contributed by atoms with van der Waals surface area (Å²) in [6.45, 7) is 14.0. The van der Waals surface area contributed by atoms with Crippen LogP contribution in [0.25, 0.3) is 43.9 Å². The lowest BCUT2D eigenvalue weighted by Crippen LogP contribution is -2.33. The van der Waals surface area contributed by atoms with Crippen LogP contribution in [0.4, 0.5) is 16.4 Å². The first kappa shape index (κ1) is 61.1. The number of nitrogens with zero attached hydrogens (tertiary/aromatic N) is 6. The molecule has 78 heavy (non-hydrogen) atoms. The van der Waals surface area contributed by atoms with Crippen LogP contribution in [0.1, 0.15) is 109 Å². The standard InChI is InChI=1S/C32H42BrN5O4.C27H34BrN5O2.ClH/c1-7-8-11-27-37-28-29(38(27)17-10-9-16-34-31(39)42-32(2,3)4)24-18-22(33)13-15-25(24)36-30(28)35-20-21-12-14-23(40-5)19-26(21)41-6;1-4-5-8-24-32-25-26(33(24)14-7-6-13-29)21-15-19(28)10-12-22(21)31-27(25)30-17-18-9-11-20(34-2)16-23(18)35-3;/h12-15,18-19H,7-11,16-17,20H2,1-6H3,(H,34,39)(H,35,36);9-12,15-16H,4-8,13-14,17,29H2,1-3H3,(H,30,31);1H. The molecule has 0 aliphatic rings. The number of carbonyl (C=O) groups excluding carboxylic acids is 1. The minimum Gasteiger partial charge on any atom is -0.497 e. The molecule has 4 heterocycles. The van der Waals surface area contributed by atoms with Gasteiger partial charge in [0.15, 0.2) is 11.6 Å². The van der Waals surface area contributed by atoms with Crippen molar-refractivity contribution in [2.45, 2.75) is 131 Å². The molecule has 5 N–H and O–H groups in total. The Morgan fingerprint density at radius 1 is 0.603 bits per heavy atom. The summed E-state index contributed by atoms with van der Waals surface area (Å²) in [4.78, 5) is 32.4. The summed E-state index contributed by atoms with van der Waals surface area (Å²) in [5.74, 6) is 6.70. The molecule has 0 fully saturated rings. The summed E-state index contributed by atoms with van der Waals surface area (Å²) < 4.78 is 34.0. The molecule has 0 saturated carbocycles. The molecule has 16 nitrogen and oxygen atoms in total. The molecule has 0 aliphatic heterocycles. The van der Waals surface area contributed by atoms with Crippen LogP contribution in [-0.2, 0) is 43.8 Å². The maximum atomic E-state index is 12.1. The second-order valence-electron chi connectivity index (χ2n) is 19.9. The molecule has 1 amide bonds. The van der Waals surface area contributed by atoms with E-state index in [1.54, 1.807) is 28.4 Å². The molecule has 0 aliphatic carbocycles. The summed E-state index contributed by atoms with van der Waals surface area (Å²) in [6, 6.07) is 24.0. The molecule has 0 atom stereocenters. The Balaban J connectivity index is 0.000000253. The van der Waals surface area contributed by atoms with E-state index in [1.165, 1.54) is 0 Å². The van der Waals surface area contributed by atoms with Crippen molar-refractivity contribution in [3.8, 4) is 23.0 Å². The second-order valence-corrected chi connectivity index (χ2v) is 21.7. The van der Waals surface area contributed by atoms with Crippen molar-refractivity contribution < 1.29 is 28.5 Å². The maximum absolute atomic E-state index is 12.1. The third-order valence-electron chi connectivity index (χ3n) is 13.1. The molecule has 0 saturated heterocycles. The number of nitrogens with one attached hydrogen (secondary N) is 3. The molecular weight excluding hydrogens is 1140 g/mol. The van der Waals surface area contributed by atoms with E-state index in [-0.39, 0.29) is 18.5 Å². The Morgan fingerprint density at radius 3 is 1.47 bits per heavy atom. The van der Waals surface area contributed by atoms with Crippen LogP contribution in [0.2, 0.25) is 0 Å². The van der Waals surface area contributed by atoms with Gasteiger partial charge in [0, 0.05) is 88.5 Å². The highest BCUT2D eigenvalue weighted by atomic mass is 79.9. The summed E-state index contributed by atoms with van der Waals surface area (Å²) in [6.07, 6.45) is 9.49. The fraction of sp³-hybridized carbons (Fsp3) is 0.441. The Bertz CT molecular complexity index is 3270. The number of pyridine rings is 2. The largest absolute Gasteiger partial charge is 0.497 e. The van der Waals surface area contributed by atoms with E-state index in [0.717, 1.165) is 188 Å². The van der Waals surface area contributed by atoms with E-state index in [0.29, 0.717) is 26.2 Å². The van der Waals surface area contributed by atoms with Crippen LogP contribution < -0.4 is 40.6 Å². The van der Waals surface area contributed by atoms with Gasteiger partial charge in [0.05, 0.1) is 50.5 Å². The number of amides is 1. The second kappa shape index (κ2) is 29.2. The topological polar surface area (TPSA) is 187 Å². The van der Waals surface area contributed by atoms with E-state index < -0.39 is 5.60 Å². The number of methoxy groups -OCH3 is 4. The van der Waals surface area contributed by atoms with E-state index >= 15 is 0 Å². The number of benzene rings is 4. The average molecular weight is 1220 g/mol. The van der Waals surface area contributed by atoms with Gasteiger partial charge in [-0.05, 0) is 127 Å². The third kappa shape index (κ3) is 15.6. The maximum Gasteiger partial charge on any atom is 0.407 e. The fourth-order valence-corrected chi connectivity index (χ4v) is 9.98. The van der Waals surface area contributed by atoms with Crippen molar-refractivity contribution in [3.05, 3.63) is 105 Å². The first-order valence-electron chi connectivity index (χ1n) is 26.8. The first-order chi connectivity index (χ1) is 37.2. The third-order valence-corrected chi connectivity index (χ3v) is 14.1. The van der Waals surface area contributed by atoms with Crippen molar-refractivity contribution in [3.63, 3.8) is 0 Å². The van der Waals surface area contributed by atoms with E-state index in [2.05, 4.69) is 89.0 Å².